The molecule has 0 amide bonds. The molecule has 4 aliphatic rings. The van der Waals surface area contributed by atoms with Crippen molar-refractivity contribution in [3.05, 3.63) is 23.5 Å². The minimum atomic E-state index is -0.895. The van der Waals surface area contributed by atoms with Gasteiger partial charge in [-0.2, -0.15) is 5.26 Å². The molecule has 5 heteroatoms. The fourth-order valence-electron chi connectivity index (χ4n) is 7.77. The van der Waals surface area contributed by atoms with E-state index in [1.54, 1.807) is 7.11 Å². The van der Waals surface area contributed by atoms with Crippen LogP contribution in [0.5, 0.6) is 0 Å². The first kappa shape index (κ1) is 22.8. The van der Waals surface area contributed by atoms with Crippen molar-refractivity contribution in [1.82, 2.24) is 0 Å². The zero-order valence-electron chi connectivity index (χ0n) is 20.0. The second-order valence-electron chi connectivity index (χ2n) is 10.7. The zero-order chi connectivity index (χ0) is 22.7. The Morgan fingerprint density at radius 2 is 2.00 bits per heavy atom. The van der Waals surface area contributed by atoms with Crippen LogP contribution in [0.15, 0.2) is 23.5 Å². The molecule has 0 saturated heterocycles. The van der Waals surface area contributed by atoms with Crippen LogP contribution in [-0.4, -0.2) is 36.3 Å². The number of fused-ring (bicyclic) bond motifs is 5. The molecule has 8 atom stereocenters. The number of methoxy groups -OCH3 is 1. The summed E-state index contributed by atoms with van der Waals surface area (Å²) in [6, 6.07) is 2.62. The van der Waals surface area contributed by atoms with Crippen molar-refractivity contribution in [3.8, 4) is 6.07 Å². The lowest BCUT2D eigenvalue weighted by Gasteiger charge is -2.62. The van der Waals surface area contributed by atoms with E-state index in [1.165, 1.54) is 5.57 Å². The van der Waals surface area contributed by atoms with E-state index in [1.807, 2.05) is 13.8 Å². The van der Waals surface area contributed by atoms with Gasteiger partial charge in [-0.25, -0.2) is 0 Å². The van der Waals surface area contributed by atoms with Crippen LogP contribution in [0.1, 0.15) is 73.1 Å². The van der Waals surface area contributed by atoms with Gasteiger partial charge in [0.05, 0.1) is 24.5 Å². The number of ether oxygens (including phenoxy) is 3. The van der Waals surface area contributed by atoms with Crippen LogP contribution in [0.4, 0.5) is 0 Å². The van der Waals surface area contributed by atoms with Crippen molar-refractivity contribution >= 4 is 0 Å². The van der Waals surface area contributed by atoms with Crippen LogP contribution in [0.3, 0.4) is 0 Å². The zero-order valence-corrected chi connectivity index (χ0v) is 20.0. The molecule has 31 heavy (non-hydrogen) atoms. The Kier molecular flexibility index (Phi) is 5.60. The molecular weight excluding hydrogens is 390 g/mol. The third-order valence-electron chi connectivity index (χ3n) is 9.65. The Labute approximate surface area is 187 Å². The first-order chi connectivity index (χ1) is 14.6. The molecule has 4 aliphatic carbocycles. The van der Waals surface area contributed by atoms with Gasteiger partial charge < -0.3 is 19.3 Å². The Hall–Kier alpha value is -1.35. The van der Waals surface area contributed by atoms with Crippen LogP contribution in [0.25, 0.3) is 0 Å². The molecule has 1 unspecified atom stereocenters. The van der Waals surface area contributed by atoms with Crippen molar-refractivity contribution < 1.29 is 19.3 Å². The van der Waals surface area contributed by atoms with E-state index in [4.69, 9.17) is 14.2 Å². The quantitative estimate of drug-likeness (QED) is 0.615. The number of rotatable bonds is 5. The van der Waals surface area contributed by atoms with E-state index in [0.29, 0.717) is 13.0 Å². The van der Waals surface area contributed by atoms with Crippen LogP contribution in [0.2, 0.25) is 0 Å². The topological polar surface area (TPSA) is 71.7 Å². The van der Waals surface area contributed by atoms with Crippen LogP contribution >= 0.6 is 0 Å². The Bertz CT molecular complexity index is 830. The highest BCUT2D eigenvalue weighted by atomic mass is 16.7. The molecule has 0 spiro atoms. The molecule has 0 aromatic heterocycles. The maximum atomic E-state index is 12.3. The van der Waals surface area contributed by atoms with Gasteiger partial charge in [-0.15, -0.1) is 0 Å². The lowest BCUT2D eigenvalue weighted by molar-refractivity contribution is -0.246. The van der Waals surface area contributed by atoms with E-state index in [0.717, 1.165) is 37.9 Å². The summed E-state index contributed by atoms with van der Waals surface area (Å²) in [6.07, 6.45) is 9.01. The van der Waals surface area contributed by atoms with Crippen molar-refractivity contribution in [1.29, 1.82) is 5.26 Å². The average molecular weight is 430 g/mol. The fraction of sp³-hybridized carbons (Fsp3) is 0.808. The summed E-state index contributed by atoms with van der Waals surface area (Å²) in [7, 11) is 1.73. The second-order valence-corrected chi connectivity index (χ2v) is 10.7. The highest BCUT2D eigenvalue weighted by molar-refractivity contribution is 5.40. The summed E-state index contributed by atoms with van der Waals surface area (Å²) in [6.45, 7) is 11.0. The Morgan fingerprint density at radius 3 is 2.65 bits per heavy atom. The molecule has 2 saturated carbocycles. The highest BCUT2D eigenvalue weighted by Gasteiger charge is 2.71. The molecule has 0 radical (unpaired) electrons. The maximum Gasteiger partial charge on any atom is 0.165 e. The van der Waals surface area contributed by atoms with Crippen LogP contribution in [-0.2, 0) is 14.2 Å². The standard InChI is InChI=1S/C26H39NO4/c1-7-30-18(3)31-26(16-27)17(2)14-22-21-9-8-19-15-20(29-6)10-11-23(19,4)25(21,28)13-12-24(22,26)5/h8,15,17-18,21-22,28H,7,9-14H2,1-6H3/t17-,18?,21-,22-,23-,24-,25+,26+/m0/s1. The van der Waals surface area contributed by atoms with Crippen LogP contribution < -0.4 is 0 Å². The second kappa shape index (κ2) is 7.61. The molecule has 1 N–H and O–H groups in total. The Morgan fingerprint density at radius 1 is 1.26 bits per heavy atom. The lowest BCUT2D eigenvalue weighted by atomic mass is 9.45. The normalized spacial score (nSPS) is 47.2. The van der Waals surface area contributed by atoms with Gasteiger partial charge in [0.1, 0.15) is 0 Å². The van der Waals surface area contributed by atoms with Gasteiger partial charge >= 0.3 is 0 Å². The third kappa shape index (κ3) is 2.91. The predicted molar refractivity (Wildman–Crippen MR) is 119 cm³/mol. The molecule has 0 aromatic rings. The summed E-state index contributed by atoms with van der Waals surface area (Å²) in [5.41, 5.74) is -1.04. The molecule has 5 nitrogen and oxygen atoms in total. The van der Waals surface area contributed by atoms with Crippen molar-refractivity contribution in [2.75, 3.05) is 13.7 Å². The largest absolute Gasteiger partial charge is 0.501 e. The summed E-state index contributed by atoms with van der Waals surface area (Å²) in [4.78, 5) is 0. The predicted octanol–water partition coefficient (Wildman–Crippen LogP) is 5.11. The average Bonchev–Trinajstić information content (AvgIpc) is 2.95. The lowest BCUT2D eigenvalue weighted by Crippen LogP contribution is -2.64. The van der Waals surface area contributed by atoms with Crippen molar-refractivity contribution in [3.63, 3.8) is 0 Å². The maximum absolute atomic E-state index is 12.3. The van der Waals surface area contributed by atoms with Gasteiger partial charge in [0.25, 0.3) is 0 Å². The molecular formula is C26H39NO4. The summed E-state index contributed by atoms with van der Waals surface area (Å²) in [5.74, 6) is 1.45. The fourth-order valence-corrected chi connectivity index (χ4v) is 7.77. The van der Waals surface area contributed by atoms with Crippen LogP contribution in [0, 0.1) is 39.9 Å². The molecule has 0 aromatic carbocycles. The smallest absolute Gasteiger partial charge is 0.165 e. The minimum absolute atomic E-state index is 0.0854. The van der Waals surface area contributed by atoms with E-state index in [2.05, 4.69) is 39.0 Å². The first-order valence-electron chi connectivity index (χ1n) is 12.0. The number of allylic oxidation sites excluding steroid dienone is 3. The summed E-state index contributed by atoms with van der Waals surface area (Å²) in [5, 5.41) is 22.7. The monoisotopic (exact) mass is 429 g/mol. The van der Waals surface area contributed by atoms with E-state index in [9.17, 15) is 10.4 Å². The number of nitrogens with zero attached hydrogens (tertiary/aromatic N) is 1. The molecule has 4 rings (SSSR count). The van der Waals surface area contributed by atoms with Gasteiger partial charge in [-0.05, 0) is 75.4 Å². The SMILES string of the molecule is CCOC(C)O[C@]1(C#N)[C@@H](C)C[C@H]2[C@@H]3CC=C4C=C(OC)CC[C@]4(C)[C@@]3(O)CC[C@@]21C. The van der Waals surface area contributed by atoms with E-state index in [-0.39, 0.29) is 28.6 Å². The van der Waals surface area contributed by atoms with E-state index >= 15 is 0 Å². The number of aliphatic hydroxyl groups is 1. The number of nitriles is 1. The molecule has 0 heterocycles. The molecule has 0 bridgehead atoms. The summed E-state index contributed by atoms with van der Waals surface area (Å²) < 4.78 is 17.7. The third-order valence-corrected chi connectivity index (χ3v) is 9.65. The molecule has 172 valence electrons. The molecule has 0 aliphatic heterocycles. The van der Waals surface area contributed by atoms with E-state index < -0.39 is 17.5 Å². The molecule has 2 fully saturated rings. The van der Waals surface area contributed by atoms with Gasteiger partial charge in [0.15, 0.2) is 11.9 Å². The first-order valence-corrected chi connectivity index (χ1v) is 12.0. The van der Waals surface area contributed by atoms with Crippen molar-refractivity contribution in [2.45, 2.75) is 90.6 Å². The van der Waals surface area contributed by atoms with Gasteiger partial charge in [-0.1, -0.05) is 26.8 Å². The Balaban J connectivity index is 1.73. The van der Waals surface area contributed by atoms with Gasteiger partial charge in [-0.3, -0.25) is 0 Å². The summed E-state index contributed by atoms with van der Waals surface area (Å²) >= 11 is 0. The highest BCUT2D eigenvalue weighted by Crippen LogP contribution is 2.70. The number of hydrogen-bond donors (Lipinski definition) is 1. The van der Waals surface area contributed by atoms with Gasteiger partial charge in [0.2, 0.25) is 0 Å². The minimum Gasteiger partial charge on any atom is -0.501 e. The van der Waals surface area contributed by atoms with Gasteiger partial charge in [0, 0.05) is 23.9 Å². The van der Waals surface area contributed by atoms with Crippen molar-refractivity contribution in [2.24, 2.45) is 28.6 Å². The number of hydrogen-bond acceptors (Lipinski definition) is 5.